The molecule has 1 amide bonds. The average Bonchev–Trinajstić information content (AvgIpc) is 2.09. The van der Waals surface area contributed by atoms with Crippen LogP contribution in [0.2, 0.25) is 0 Å². The van der Waals surface area contributed by atoms with E-state index in [1.807, 2.05) is 5.32 Å². The van der Waals surface area contributed by atoms with Crippen LogP contribution in [-0.4, -0.2) is 17.5 Å². The minimum Gasteiger partial charge on any atom is -0.478 e. The molecule has 0 aliphatic heterocycles. The van der Waals surface area contributed by atoms with Gasteiger partial charge in [0.05, 0.1) is 11.3 Å². The van der Waals surface area contributed by atoms with E-state index in [9.17, 15) is 18.4 Å². The fourth-order valence-electron chi connectivity index (χ4n) is 0.887. The summed E-state index contributed by atoms with van der Waals surface area (Å²) in [5.41, 5.74) is -1.07. The van der Waals surface area contributed by atoms with E-state index < -0.39 is 23.2 Å². The predicted molar refractivity (Wildman–Crippen MR) is 43.0 cm³/mol. The highest BCUT2D eigenvalue weighted by Gasteiger charge is 2.14. The summed E-state index contributed by atoms with van der Waals surface area (Å²) in [6, 6.07) is 1.11. The number of benzene rings is 1. The SMILES string of the molecule is O=CNc1cc(C(=O)O)c(F)cc1F. The second-order valence-corrected chi connectivity index (χ2v) is 2.38. The molecule has 0 saturated heterocycles. The molecule has 1 aromatic carbocycles. The summed E-state index contributed by atoms with van der Waals surface area (Å²) < 4.78 is 25.6. The predicted octanol–water partition coefficient (Wildman–Crippen LogP) is 1.23. The van der Waals surface area contributed by atoms with Crippen molar-refractivity contribution >= 4 is 18.1 Å². The molecule has 6 heteroatoms. The Morgan fingerprint density at radius 3 is 2.50 bits per heavy atom. The van der Waals surface area contributed by atoms with Crippen LogP contribution in [-0.2, 0) is 4.79 Å². The van der Waals surface area contributed by atoms with Crippen LogP contribution < -0.4 is 5.32 Å². The Morgan fingerprint density at radius 1 is 1.36 bits per heavy atom. The number of halogens is 2. The van der Waals surface area contributed by atoms with E-state index in [0.29, 0.717) is 12.1 Å². The Balaban J connectivity index is 3.26. The highest BCUT2D eigenvalue weighted by atomic mass is 19.1. The van der Waals surface area contributed by atoms with Crippen LogP contribution in [0.4, 0.5) is 14.5 Å². The van der Waals surface area contributed by atoms with Gasteiger partial charge in [-0.1, -0.05) is 0 Å². The van der Waals surface area contributed by atoms with Gasteiger partial charge in [0.1, 0.15) is 11.6 Å². The summed E-state index contributed by atoms with van der Waals surface area (Å²) in [6.45, 7) is 0. The lowest BCUT2D eigenvalue weighted by Gasteiger charge is -2.03. The summed E-state index contributed by atoms with van der Waals surface area (Å²) in [5, 5.41) is 10.4. The number of hydrogen-bond donors (Lipinski definition) is 2. The van der Waals surface area contributed by atoms with E-state index in [4.69, 9.17) is 5.11 Å². The molecule has 0 fully saturated rings. The standard InChI is InChI=1S/C8H5F2NO3/c9-5-2-6(10)7(11-3-12)1-4(5)8(13)14/h1-3H,(H,11,12)(H,13,14). The van der Waals surface area contributed by atoms with Crippen molar-refractivity contribution < 1.29 is 23.5 Å². The molecule has 0 saturated carbocycles. The maximum absolute atomic E-state index is 12.8. The third kappa shape index (κ3) is 1.85. The van der Waals surface area contributed by atoms with Crippen molar-refractivity contribution in [3.63, 3.8) is 0 Å². The lowest BCUT2D eigenvalue weighted by molar-refractivity contribution is -0.105. The normalized spacial score (nSPS) is 9.57. The van der Waals surface area contributed by atoms with Crippen LogP contribution in [0.25, 0.3) is 0 Å². The maximum atomic E-state index is 12.8. The Labute approximate surface area is 77.2 Å². The molecule has 1 rings (SSSR count). The smallest absolute Gasteiger partial charge is 0.338 e. The Kier molecular flexibility index (Phi) is 2.76. The van der Waals surface area contributed by atoms with Crippen LogP contribution in [0.15, 0.2) is 12.1 Å². The van der Waals surface area contributed by atoms with Crippen LogP contribution in [0, 0.1) is 11.6 Å². The molecule has 0 unspecified atom stereocenters. The van der Waals surface area contributed by atoms with E-state index in [2.05, 4.69) is 0 Å². The molecular formula is C8H5F2NO3. The average molecular weight is 201 g/mol. The molecule has 2 N–H and O–H groups in total. The molecule has 0 aliphatic carbocycles. The summed E-state index contributed by atoms with van der Waals surface area (Å²) in [7, 11) is 0. The zero-order chi connectivity index (χ0) is 10.7. The second kappa shape index (κ2) is 3.82. The van der Waals surface area contributed by atoms with Gasteiger partial charge in [-0.3, -0.25) is 4.79 Å². The minimum absolute atomic E-state index is 0.169. The van der Waals surface area contributed by atoms with Gasteiger partial charge in [-0.25, -0.2) is 13.6 Å². The number of amides is 1. The van der Waals surface area contributed by atoms with Gasteiger partial charge in [0.25, 0.3) is 0 Å². The Hall–Kier alpha value is -1.98. The molecule has 1 aromatic rings. The summed E-state index contributed by atoms with van der Waals surface area (Å²) in [6.07, 6.45) is 0.169. The number of carbonyl (C=O) groups is 2. The second-order valence-electron chi connectivity index (χ2n) is 2.38. The molecule has 0 spiro atoms. The van der Waals surface area contributed by atoms with Crippen molar-refractivity contribution in [3.8, 4) is 0 Å². The molecule has 0 atom stereocenters. The Morgan fingerprint density at radius 2 is 2.00 bits per heavy atom. The van der Waals surface area contributed by atoms with Gasteiger partial charge >= 0.3 is 5.97 Å². The highest BCUT2D eigenvalue weighted by Crippen LogP contribution is 2.18. The monoisotopic (exact) mass is 201 g/mol. The molecule has 0 heterocycles. The van der Waals surface area contributed by atoms with E-state index in [-0.39, 0.29) is 12.1 Å². The van der Waals surface area contributed by atoms with Crippen molar-refractivity contribution in [2.45, 2.75) is 0 Å². The fourth-order valence-corrected chi connectivity index (χ4v) is 0.887. The van der Waals surface area contributed by atoms with Crippen LogP contribution in [0.3, 0.4) is 0 Å². The van der Waals surface area contributed by atoms with Gasteiger partial charge in [-0.15, -0.1) is 0 Å². The van der Waals surface area contributed by atoms with Crippen LogP contribution in [0.1, 0.15) is 10.4 Å². The lowest BCUT2D eigenvalue weighted by Crippen LogP contribution is -2.05. The molecule has 4 nitrogen and oxygen atoms in total. The van der Waals surface area contributed by atoms with E-state index in [0.717, 1.165) is 0 Å². The summed E-state index contributed by atoms with van der Waals surface area (Å²) in [4.78, 5) is 20.4. The van der Waals surface area contributed by atoms with Gasteiger partial charge in [0.2, 0.25) is 6.41 Å². The number of aromatic carboxylic acids is 1. The van der Waals surface area contributed by atoms with Gasteiger partial charge in [-0.05, 0) is 6.07 Å². The molecular weight excluding hydrogens is 196 g/mol. The molecule has 0 aromatic heterocycles. The van der Waals surface area contributed by atoms with Gasteiger partial charge in [-0.2, -0.15) is 0 Å². The van der Waals surface area contributed by atoms with Crippen molar-refractivity contribution in [1.82, 2.24) is 0 Å². The number of rotatable bonds is 3. The Bertz CT molecular complexity index is 392. The minimum atomic E-state index is -1.53. The van der Waals surface area contributed by atoms with Crippen molar-refractivity contribution in [3.05, 3.63) is 29.3 Å². The zero-order valence-corrected chi connectivity index (χ0v) is 6.75. The van der Waals surface area contributed by atoms with Gasteiger partial charge in [0, 0.05) is 6.07 Å². The number of hydrogen-bond acceptors (Lipinski definition) is 2. The third-order valence-electron chi connectivity index (χ3n) is 1.50. The first-order chi connectivity index (χ1) is 6.56. The number of nitrogens with one attached hydrogen (secondary N) is 1. The molecule has 14 heavy (non-hydrogen) atoms. The maximum Gasteiger partial charge on any atom is 0.338 e. The van der Waals surface area contributed by atoms with E-state index >= 15 is 0 Å². The fraction of sp³-hybridized carbons (Fsp3) is 0. The van der Waals surface area contributed by atoms with Crippen molar-refractivity contribution in [2.75, 3.05) is 5.32 Å². The molecule has 0 bridgehead atoms. The van der Waals surface area contributed by atoms with Gasteiger partial charge < -0.3 is 10.4 Å². The van der Waals surface area contributed by atoms with Crippen molar-refractivity contribution in [2.24, 2.45) is 0 Å². The van der Waals surface area contributed by atoms with Crippen LogP contribution in [0.5, 0.6) is 0 Å². The number of anilines is 1. The first kappa shape index (κ1) is 10.1. The third-order valence-corrected chi connectivity index (χ3v) is 1.50. The number of carboxylic acid groups (broad SMARTS) is 1. The quantitative estimate of drug-likeness (QED) is 0.723. The summed E-state index contributed by atoms with van der Waals surface area (Å²) >= 11 is 0. The number of carboxylic acids is 1. The van der Waals surface area contributed by atoms with Gasteiger partial charge in [0.15, 0.2) is 0 Å². The van der Waals surface area contributed by atoms with E-state index in [1.165, 1.54) is 0 Å². The molecule has 0 radical (unpaired) electrons. The lowest BCUT2D eigenvalue weighted by atomic mass is 10.2. The molecule has 74 valence electrons. The van der Waals surface area contributed by atoms with E-state index in [1.54, 1.807) is 0 Å². The topological polar surface area (TPSA) is 66.4 Å². The summed E-state index contributed by atoms with van der Waals surface area (Å²) in [5.74, 6) is -3.75. The first-order valence-corrected chi connectivity index (χ1v) is 3.48. The molecule has 0 aliphatic rings. The zero-order valence-electron chi connectivity index (χ0n) is 6.75. The van der Waals surface area contributed by atoms with Crippen molar-refractivity contribution in [1.29, 1.82) is 0 Å². The largest absolute Gasteiger partial charge is 0.478 e. The first-order valence-electron chi connectivity index (χ1n) is 3.48. The van der Waals surface area contributed by atoms with Crippen LogP contribution >= 0.6 is 0 Å². The highest BCUT2D eigenvalue weighted by molar-refractivity contribution is 5.90. The number of carbonyl (C=O) groups excluding carboxylic acids is 1.